The molecule has 0 aliphatic heterocycles. The predicted octanol–water partition coefficient (Wildman–Crippen LogP) is 0.710. The molecule has 14 nitrogen and oxygen atoms in total. The zero-order chi connectivity index (χ0) is 31.7. The normalized spacial score (nSPS) is 12.0. The van der Waals surface area contributed by atoms with Gasteiger partial charge in [-0.05, 0) is 48.5 Å². The summed E-state index contributed by atoms with van der Waals surface area (Å²) in [6, 6.07) is 14.4. The van der Waals surface area contributed by atoms with Crippen LogP contribution in [-0.2, 0) is 39.9 Å². The van der Waals surface area contributed by atoms with E-state index >= 15 is 0 Å². The van der Waals surface area contributed by atoms with Gasteiger partial charge in [-0.2, -0.15) is 16.8 Å². The average Bonchev–Trinajstić information content (AvgIpc) is 2.88. The fourth-order valence-corrected chi connectivity index (χ4v) is 7.43. The fraction of sp³-hybridized carbons (Fsp3) is 0. The monoisotopic (exact) mass is 698 g/mol. The molecule has 0 saturated carbocycles. The third-order valence-electron chi connectivity index (χ3n) is 5.32. The number of hydrogen-bond acceptors (Lipinski definition) is 12. The van der Waals surface area contributed by atoms with E-state index in [9.17, 15) is 54.1 Å². The first kappa shape index (κ1) is 36.3. The molecule has 224 valence electrons. The minimum Gasteiger partial charge on any atom is -0.872 e. The summed E-state index contributed by atoms with van der Waals surface area (Å²) < 4.78 is 111. The third kappa shape index (κ3) is 8.16. The number of aromatic hydroxyl groups is 2. The van der Waals surface area contributed by atoms with E-state index in [1.807, 2.05) is 0 Å². The molecular weight excluding hydrogens is 681 g/mol. The van der Waals surface area contributed by atoms with Crippen molar-refractivity contribution in [3.8, 4) is 23.0 Å². The van der Waals surface area contributed by atoms with Crippen LogP contribution >= 0.6 is 0 Å². The number of phenolic OH excluding ortho intramolecular Hbond substituents is 2. The fourth-order valence-electron chi connectivity index (χ4n) is 3.34. The van der Waals surface area contributed by atoms with Crippen molar-refractivity contribution in [3.05, 3.63) is 84.9 Å². The van der Waals surface area contributed by atoms with Gasteiger partial charge < -0.3 is 20.4 Å². The largest absolute Gasteiger partial charge is 2.00 e. The smallest absolute Gasteiger partial charge is 0.872 e. The summed E-state index contributed by atoms with van der Waals surface area (Å²) in [7, 11) is -18.2. The molecule has 0 heterocycles. The maximum atomic E-state index is 12.3. The average molecular weight is 699 g/mol. The molecule has 0 atom stereocenters. The molecule has 0 aliphatic carbocycles. The summed E-state index contributed by atoms with van der Waals surface area (Å²) >= 11 is 0. The number of hydrogen-bond donors (Lipinski definition) is 4. The summed E-state index contributed by atoms with van der Waals surface area (Å²) in [5.74, 6) is -3.10. The van der Waals surface area contributed by atoms with Gasteiger partial charge in [0.2, 0.25) is 19.7 Å². The van der Waals surface area contributed by atoms with E-state index in [4.69, 9.17) is 9.11 Å². The number of phenols is 2. The van der Waals surface area contributed by atoms with E-state index in [1.165, 1.54) is 24.3 Å². The first-order valence-corrected chi connectivity index (χ1v) is 16.8. The Bertz CT molecular complexity index is 1960. The zero-order valence-electron chi connectivity index (χ0n) is 21.3. The molecule has 0 aliphatic rings. The third-order valence-corrected chi connectivity index (χ3v) is 10.7. The number of rotatable bonds is 6. The Hall–Kier alpha value is -2.94. The molecule has 0 fully saturated rings. The van der Waals surface area contributed by atoms with Crippen LogP contribution in [0.25, 0.3) is 0 Å². The van der Waals surface area contributed by atoms with Gasteiger partial charge in [-0.1, -0.05) is 47.9 Å². The van der Waals surface area contributed by atoms with Gasteiger partial charge in [0.05, 0.1) is 19.6 Å². The van der Waals surface area contributed by atoms with E-state index in [-0.39, 0.29) is 37.7 Å². The van der Waals surface area contributed by atoms with Gasteiger partial charge in [-0.15, -0.1) is 0 Å². The maximum Gasteiger partial charge on any atom is 2.00 e. The summed E-state index contributed by atoms with van der Waals surface area (Å²) in [6.07, 6.45) is 0. The van der Waals surface area contributed by atoms with Crippen LogP contribution in [-0.4, -0.2) is 90.7 Å². The van der Waals surface area contributed by atoms with Crippen molar-refractivity contribution in [2.75, 3.05) is 0 Å². The van der Waals surface area contributed by atoms with Crippen LogP contribution in [0.5, 0.6) is 23.0 Å². The molecule has 4 rings (SSSR count). The SMILES string of the molecule is O=S(=O)(O)c1cc(S(=O)(=O)c2ccccc2O)ccc1O.O=S(=O)(O)c1cc(S(=O)(=O)c2ccccc2[O-])ccc1[O-].[Ca+2]. The topological polar surface area (TPSA) is 264 Å². The van der Waals surface area contributed by atoms with Crippen molar-refractivity contribution < 1.29 is 63.2 Å². The van der Waals surface area contributed by atoms with Gasteiger partial charge in [-0.25, -0.2) is 16.8 Å². The van der Waals surface area contributed by atoms with Crippen LogP contribution in [0, 0.1) is 0 Å². The Morgan fingerprint density at radius 1 is 0.465 bits per heavy atom. The van der Waals surface area contributed by atoms with Gasteiger partial charge in [0.1, 0.15) is 21.3 Å². The Morgan fingerprint density at radius 3 is 1.37 bits per heavy atom. The van der Waals surface area contributed by atoms with Crippen molar-refractivity contribution >= 4 is 77.6 Å². The van der Waals surface area contributed by atoms with Crippen molar-refractivity contribution in [1.82, 2.24) is 0 Å². The summed E-state index contributed by atoms with van der Waals surface area (Å²) in [5.41, 5.74) is 0. The van der Waals surface area contributed by atoms with E-state index in [0.717, 1.165) is 42.5 Å². The standard InChI is InChI=1S/2C12H10O7S2.Ca/c2*13-9-3-1-2-4-11(9)20(15,16)8-5-6-10(14)12(7-8)21(17,18)19;/h2*1-7,13-14H,(H,17,18,19);/q;;+2/p-2. The summed E-state index contributed by atoms with van der Waals surface area (Å²) in [4.78, 5) is -4.03. The second-order valence-electron chi connectivity index (χ2n) is 8.11. The van der Waals surface area contributed by atoms with E-state index in [1.54, 1.807) is 0 Å². The molecule has 4 aromatic rings. The minimum absolute atomic E-state index is 0. The van der Waals surface area contributed by atoms with Gasteiger partial charge in [0.25, 0.3) is 20.2 Å². The van der Waals surface area contributed by atoms with Crippen LogP contribution < -0.4 is 10.2 Å². The molecule has 4 aromatic carbocycles. The molecule has 0 unspecified atom stereocenters. The van der Waals surface area contributed by atoms with Crippen LogP contribution in [0.3, 0.4) is 0 Å². The van der Waals surface area contributed by atoms with Crippen LogP contribution in [0.4, 0.5) is 0 Å². The quantitative estimate of drug-likeness (QED) is 0.160. The number of para-hydroxylation sites is 2. The summed E-state index contributed by atoms with van der Waals surface area (Å²) in [6.45, 7) is 0. The Balaban J connectivity index is 0.000000293. The molecule has 0 bridgehead atoms. The molecule has 0 radical (unpaired) electrons. The van der Waals surface area contributed by atoms with Crippen molar-refractivity contribution in [2.45, 2.75) is 29.4 Å². The van der Waals surface area contributed by atoms with E-state index < -0.39 is 92.3 Å². The Kier molecular flexibility index (Phi) is 11.3. The molecule has 43 heavy (non-hydrogen) atoms. The molecule has 0 spiro atoms. The molecule has 19 heteroatoms. The molecule has 4 N–H and O–H groups in total. The first-order valence-electron chi connectivity index (χ1n) is 10.9. The summed E-state index contributed by atoms with van der Waals surface area (Å²) in [5, 5.41) is 41.9. The van der Waals surface area contributed by atoms with Crippen LogP contribution in [0.15, 0.2) is 114 Å². The van der Waals surface area contributed by atoms with Gasteiger partial charge in [0, 0.05) is 0 Å². The zero-order valence-corrected chi connectivity index (χ0v) is 26.8. The molecular formula is C24H18CaO14S4. The molecule has 0 amide bonds. The van der Waals surface area contributed by atoms with Crippen LogP contribution in [0.1, 0.15) is 0 Å². The van der Waals surface area contributed by atoms with E-state index in [0.29, 0.717) is 18.2 Å². The van der Waals surface area contributed by atoms with Gasteiger partial charge in [-0.3, -0.25) is 9.11 Å². The minimum atomic E-state index is -4.86. The van der Waals surface area contributed by atoms with Gasteiger partial charge in [0.15, 0.2) is 0 Å². The number of sulfone groups is 2. The van der Waals surface area contributed by atoms with Gasteiger partial charge >= 0.3 is 37.7 Å². The van der Waals surface area contributed by atoms with Crippen molar-refractivity contribution in [1.29, 1.82) is 0 Å². The Labute approximate surface area is 275 Å². The van der Waals surface area contributed by atoms with Crippen LogP contribution in [0.2, 0.25) is 0 Å². The van der Waals surface area contributed by atoms with Crippen molar-refractivity contribution in [2.24, 2.45) is 0 Å². The maximum absolute atomic E-state index is 12.3. The second kappa shape index (κ2) is 13.4. The molecule has 0 aromatic heterocycles. The van der Waals surface area contributed by atoms with Crippen molar-refractivity contribution in [3.63, 3.8) is 0 Å². The van der Waals surface area contributed by atoms with E-state index in [2.05, 4.69) is 0 Å². The first-order chi connectivity index (χ1) is 19.3. The molecule has 0 saturated heterocycles. The predicted molar refractivity (Wildman–Crippen MR) is 144 cm³/mol. The second-order valence-corrected chi connectivity index (χ2v) is 14.7. The Morgan fingerprint density at radius 2 is 0.860 bits per heavy atom. The number of benzene rings is 4.